The molecule has 23 heavy (non-hydrogen) atoms. The summed E-state index contributed by atoms with van der Waals surface area (Å²) >= 11 is 0. The highest BCUT2D eigenvalue weighted by molar-refractivity contribution is 5.97. The van der Waals surface area contributed by atoms with Crippen LogP contribution in [0.1, 0.15) is 10.6 Å². The highest BCUT2D eigenvalue weighted by Gasteiger charge is 2.37. The van der Waals surface area contributed by atoms with E-state index in [1.807, 2.05) is 0 Å². The molecule has 0 spiro atoms. The van der Waals surface area contributed by atoms with E-state index in [9.17, 15) is 19.7 Å². The molecule has 3 heterocycles. The SMILES string of the molecule is O=C(Nc1cccnc1)C1CN(C(=O)c2ccc([N+](=O)[O-])o2)C1. The van der Waals surface area contributed by atoms with Crippen LogP contribution in [-0.2, 0) is 4.79 Å². The summed E-state index contributed by atoms with van der Waals surface area (Å²) in [6, 6.07) is 5.80. The number of furan rings is 1. The molecule has 118 valence electrons. The zero-order valence-corrected chi connectivity index (χ0v) is 11.8. The van der Waals surface area contributed by atoms with Gasteiger partial charge in [0.05, 0.1) is 23.9 Å². The van der Waals surface area contributed by atoms with Crippen LogP contribution in [0.15, 0.2) is 41.1 Å². The van der Waals surface area contributed by atoms with E-state index in [0.717, 1.165) is 6.07 Å². The molecule has 0 atom stereocenters. The first-order valence-corrected chi connectivity index (χ1v) is 6.79. The second-order valence-electron chi connectivity index (χ2n) is 5.03. The monoisotopic (exact) mass is 316 g/mol. The van der Waals surface area contributed by atoms with E-state index >= 15 is 0 Å². The van der Waals surface area contributed by atoms with Gasteiger partial charge >= 0.3 is 5.88 Å². The minimum absolute atomic E-state index is 0.109. The Morgan fingerprint density at radius 3 is 2.74 bits per heavy atom. The van der Waals surface area contributed by atoms with Gasteiger partial charge in [0.25, 0.3) is 5.91 Å². The van der Waals surface area contributed by atoms with E-state index in [2.05, 4.69) is 10.3 Å². The number of likely N-dealkylation sites (tertiary alicyclic amines) is 1. The topological polar surface area (TPSA) is 119 Å². The summed E-state index contributed by atoms with van der Waals surface area (Å²) in [7, 11) is 0. The molecule has 0 saturated carbocycles. The Labute approximate surface area is 130 Å². The maximum absolute atomic E-state index is 12.1. The number of nitrogens with zero attached hydrogens (tertiary/aromatic N) is 3. The predicted octanol–water partition coefficient (Wildman–Crippen LogP) is 1.29. The van der Waals surface area contributed by atoms with Crippen molar-refractivity contribution < 1.29 is 18.9 Å². The maximum Gasteiger partial charge on any atom is 0.433 e. The molecule has 0 unspecified atom stereocenters. The van der Waals surface area contributed by atoms with Gasteiger partial charge in [-0.15, -0.1) is 0 Å². The van der Waals surface area contributed by atoms with Crippen LogP contribution in [0.4, 0.5) is 11.6 Å². The lowest BCUT2D eigenvalue weighted by Crippen LogP contribution is -2.54. The minimum Gasteiger partial charge on any atom is -0.395 e. The fraction of sp³-hybridized carbons (Fsp3) is 0.214. The van der Waals surface area contributed by atoms with Crippen molar-refractivity contribution >= 4 is 23.4 Å². The maximum atomic E-state index is 12.1. The van der Waals surface area contributed by atoms with E-state index in [1.165, 1.54) is 17.2 Å². The van der Waals surface area contributed by atoms with Gasteiger partial charge in [0.2, 0.25) is 5.91 Å². The lowest BCUT2D eigenvalue weighted by atomic mass is 9.98. The lowest BCUT2D eigenvalue weighted by molar-refractivity contribution is -0.402. The highest BCUT2D eigenvalue weighted by Crippen LogP contribution is 2.23. The Kier molecular flexibility index (Phi) is 3.75. The van der Waals surface area contributed by atoms with Crippen molar-refractivity contribution in [3.05, 3.63) is 52.5 Å². The largest absolute Gasteiger partial charge is 0.433 e. The third-order valence-electron chi connectivity index (χ3n) is 3.45. The molecule has 0 aliphatic carbocycles. The smallest absolute Gasteiger partial charge is 0.395 e. The number of pyridine rings is 1. The zero-order valence-electron chi connectivity index (χ0n) is 11.8. The van der Waals surface area contributed by atoms with Crippen molar-refractivity contribution in [2.45, 2.75) is 0 Å². The highest BCUT2D eigenvalue weighted by atomic mass is 16.6. The van der Waals surface area contributed by atoms with Crippen molar-refractivity contribution in [2.75, 3.05) is 18.4 Å². The number of hydrogen-bond donors (Lipinski definition) is 1. The fourth-order valence-corrected chi connectivity index (χ4v) is 2.19. The molecule has 1 saturated heterocycles. The third-order valence-corrected chi connectivity index (χ3v) is 3.45. The van der Waals surface area contributed by atoms with Gasteiger partial charge in [0.15, 0.2) is 5.76 Å². The van der Waals surface area contributed by atoms with E-state index in [4.69, 9.17) is 4.42 Å². The molecule has 2 aromatic rings. The van der Waals surface area contributed by atoms with Gasteiger partial charge in [-0.05, 0) is 18.2 Å². The van der Waals surface area contributed by atoms with E-state index in [1.54, 1.807) is 18.3 Å². The summed E-state index contributed by atoms with van der Waals surface area (Å²) in [6.07, 6.45) is 3.13. The Balaban J connectivity index is 1.54. The molecule has 0 radical (unpaired) electrons. The Morgan fingerprint density at radius 1 is 1.35 bits per heavy atom. The van der Waals surface area contributed by atoms with Crippen LogP contribution in [0.25, 0.3) is 0 Å². The Morgan fingerprint density at radius 2 is 2.13 bits per heavy atom. The van der Waals surface area contributed by atoms with Gasteiger partial charge in [-0.1, -0.05) is 0 Å². The summed E-state index contributed by atoms with van der Waals surface area (Å²) in [5.41, 5.74) is 0.587. The molecule has 2 amide bonds. The number of anilines is 1. The van der Waals surface area contributed by atoms with Gasteiger partial charge in [0, 0.05) is 19.3 Å². The number of carbonyl (C=O) groups is 2. The second kappa shape index (κ2) is 5.87. The minimum atomic E-state index is -0.711. The molecule has 9 heteroatoms. The van der Waals surface area contributed by atoms with Gasteiger partial charge < -0.3 is 14.6 Å². The molecule has 3 rings (SSSR count). The predicted molar refractivity (Wildman–Crippen MR) is 77.6 cm³/mol. The number of nitrogens with one attached hydrogen (secondary N) is 1. The number of nitro groups is 1. The van der Waals surface area contributed by atoms with Crippen LogP contribution in [0.2, 0.25) is 0 Å². The van der Waals surface area contributed by atoms with E-state index in [0.29, 0.717) is 5.69 Å². The molecule has 1 aliphatic heterocycles. The van der Waals surface area contributed by atoms with Crippen molar-refractivity contribution in [3.63, 3.8) is 0 Å². The van der Waals surface area contributed by atoms with Crippen LogP contribution in [0.5, 0.6) is 0 Å². The molecular formula is C14H12N4O5. The van der Waals surface area contributed by atoms with Gasteiger partial charge in [-0.2, -0.15) is 0 Å². The zero-order chi connectivity index (χ0) is 16.4. The van der Waals surface area contributed by atoms with Crippen LogP contribution >= 0.6 is 0 Å². The van der Waals surface area contributed by atoms with E-state index in [-0.39, 0.29) is 30.7 Å². The summed E-state index contributed by atoms with van der Waals surface area (Å²) in [4.78, 5) is 39.2. The summed E-state index contributed by atoms with van der Waals surface area (Å²) in [6.45, 7) is 0.471. The van der Waals surface area contributed by atoms with Crippen LogP contribution in [0.3, 0.4) is 0 Å². The molecule has 0 aromatic carbocycles. The standard InChI is InChI=1S/C14H12N4O5/c19-13(16-10-2-1-5-15-6-10)9-7-17(8-9)14(20)11-3-4-12(23-11)18(21)22/h1-6,9H,7-8H2,(H,16,19). The van der Waals surface area contributed by atoms with Gasteiger partial charge in [-0.3, -0.25) is 24.7 Å². The number of carbonyl (C=O) groups excluding carboxylic acids is 2. The first-order valence-electron chi connectivity index (χ1n) is 6.79. The molecule has 1 N–H and O–H groups in total. The first-order chi connectivity index (χ1) is 11.0. The Hall–Kier alpha value is -3.23. The van der Waals surface area contributed by atoms with Crippen LogP contribution in [-0.4, -0.2) is 39.7 Å². The lowest BCUT2D eigenvalue weighted by Gasteiger charge is -2.37. The molecule has 2 aromatic heterocycles. The van der Waals surface area contributed by atoms with Gasteiger partial charge in [0.1, 0.15) is 4.92 Å². The molecule has 0 bridgehead atoms. The number of amides is 2. The average Bonchev–Trinajstić information content (AvgIpc) is 2.96. The molecule has 9 nitrogen and oxygen atoms in total. The fourth-order valence-electron chi connectivity index (χ4n) is 2.19. The number of aromatic nitrogens is 1. The number of rotatable bonds is 4. The van der Waals surface area contributed by atoms with Gasteiger partial charge in [-0.25, -0.2) is 0 Å². The molecule has 1 aliphatic rings. The summed E-state index contributed by atoms with van der Waals surface area (Å²) in [5.74, 6) is -1.59. The molecular weight excluding hydrogens is 304 g/mol. The second-order valence-corrected chi connectivity index (χ2v) is 5.03. The van der Waals surface area contributed by atoms with Crippen molar-refractivity contribution in [1.82, 2.24) is 9.88 Å². The average molecular weight is 316 g/mol. The summed E-state index contributed by atoms with van der Waals surface area (Å²) < 4.78 is 4.86. The third kappa shape index (κ3) is 3.03. The number of hydrogen-bond acceptors (Lipinski definition) is 6. The normalized spacial score (nSPS) is 14.2. The van der Waals surface area contributed by atoms with Crippen molar-refractivity contribution in [1.29, 1.82) is 0 Å². The Bertz CT molecular complexity index is 752. The van der Waals surface area contributed by atoms with Crippen molar-refractivity contribution in [3.8, 4) is 0 Å². The molecule has 1 fully saturated rings. The van der Waals surface area contributed by atoms with Crippen molar-refractivity contribution in [2.24, 2.45) is 5.92 Å². The first kappa shape index (κ1) is 14.7. The van der Waals surface area contributed by atoms with Crippen LogP contribution < -0.4 is 5.32 Å². The summed E-state index contributed by atoms with van der Waals surface area (Å²) in [5, 5.41) is 13.2. The quantitative estimate of drug-likeness (QED) is 0.670. The van der Waals surface area contributed by atoms with Crippen LogP contribution in [0, 0.1) is 16.0 Å². The van der Waals surface area contributed by atoms with E-state index < -0.39 is 16.7 Å².